The Morgan fingerprint density at radius 3 is 2.57 bits per heavy atom. The van der Waals surface area contributed by atoms with Crippen LogP contribution in [0.1, 0.15) is 11.6 Å². The second kappa shape index (κ2) is 5.36. The Hall–Kier alpha value is -0.550. The molecule has 0 saturated heterocycles. The molecule has 14 heavy (non-hydrogen) atoms. The maximum Gasteiger partial charge on any atom is 0.139 e. The summed E-state index contributed by atoms with van der Waals surface area (Å²) in [7, 11) is 0. The minimum absolute atomic E-state index is 0. The Bertz CT molecular complexity index is 322. The van der Waals surface area contributed by atoms with Gasteiger partial charge in [0, 0.05) is 5.56 Å². The number of nitrogens with two attached hydrogens (primary N) is 1. The maximum absolute atomic E-state index is 12.8. The summed E-state index contributed by atoms with van der Waals surface area (Å²) < 4.78 is 12.8. The predicted octanol–water partition coefficient (Wildman–Crippen LogP) is 1.60. The van der Waals surface area contributed by atoms with E-state index in [1.165, 1.54) is 0 Å². The van der Waals surface area contributed by atoms with Gasteiger partial charge in [-0.05, 0) is 12.1 Å². The van der Waals surface area contributed by atoms with Crippen LogP contribution in [-0.4, -0.2) is 16.8 Å². The lowest BCUT2D eigenvalue weighted by Crippen LogP contribution is -2.14. The standard InChI is InChI=1S/C8H9ClFNO2.ClH/c9-6-2-4(10)1-5(8(6)13)7(11)3-12;/h1-2,7,12-13H,3,11H2;1H/t7-;/m0./s1. The number of hydrogen-bond acceptors (Lipinski definition) is 3. The van der Waals surface area contributed by atoms with Crippen molar-refractivity contribution in [1.29, 1.82) is 0 Å². The summed E-state index contributed by atoms with van der Waals surface area (Å²) in [6.07, 6.45) is 0. The highest BCUT2D eigenvalue weighted by atomic mass is 35.5. The van der Waals surface area contributed by atoms with Gasteiger partial charge in [0.15, 0.2) is 0 Å². The van der Waals surface area contributed by atoms with Crippen molar-refractivity contribution >= 4 is 24.0 Å². The first-order valence-electron chi connectivity index (χ1n) is 3.60. The van der Waals surface area contributed by atoms with Crippen molar-refractivity contribution in [3.8, 4) is 5.75 Å². The highest BCUT2D eigenvalue weighted by Crippen LogP contribution is 2.31. The molecule has 80 valence electrons. The van der Waals surface area contributed by atoms with Crippen molar-refractivity contribution in [3.05, 3.63) is 28.5 Å². The highest BCUT2D eigenvalue weighted by Gasteiger charge is 2.14. The van der Waals surface area contributed by atoms with E-state index >= 15 is 0 Å². The number of hydrogen-bond donors (Lipinski definition) is 3. The Labute approximate surface area is 91.7 Å². The van der Waals surface area contributed by atoms with Crippen LogP contribution in [0.25, 0.3) is 0 Å². The summed E-state index contributed by atoms with van der Waals surface area (Å²) in [5.74, 6) is -0.883. The van der Waals surface area contributed by atoms with Gasteiger partial charge in [0.05, 0.1) is 17.7 Å². The molecule has 1 rings (SSSR count). The van der Waals surface area contributed by atoms with E-state index in [9.17, 15) is 9.50 Å². The molecule has 0 heterocycles. The van der Waals surface area contributed by atoms with Gasteiger partial charge in [0.1, 0.15) is 11.6 Å². The van der Waals surface area contributed by atoms with E-state index in [4.69, 9.17) is 22.4 Å². The molecule has 3 nitrogen and oxygen atoms in total. The second-order valence-electron chi connectivity index (χ2n) is 2.61. The number of aliphatic hydroxyl groups is 1. The van der Waals surface area contributed by atoms with Gasteiger partial charge in [-0.1, -0.05) is 11.6 Å². The van der Waals surface area contributed by atoms with Gasteiger partial charge in [0.25, 0.3) is 0 Å². The van der Waals surface area contributed by atoms with Gasteiger partial charge in [-0.3, -0.25) is 0 Å². The van der Waals surface area contributed by atoms with Gasteiger partial charge >= 0.3 is 0 Å². The number of aromatic hydroxyl groups is 1. The van der Waals surface area contributed by atoms with Gasteiger partial charge < -0.3 is 15.9 Å². The van der Waals surface area contributed by atoms with E-state index in [2.05, 4.69) is 0 Å². The van der Waals surface area contributed by atoms with E-state index in [1.807, 2.05) is 0 Å². The van der Waals surface area contributed by atoms with Gasteiger partial charge in [0.2, 0.25) is 0 Å². The summed E-state index contributed by atoms with van der Waals surface area (Å²) in [5, 5.41) is 17.9. The van der Waals surface area contributed by atoms with Crippen LogP contribution in [0.4, 0.5) is 4.39 Å². The monoisotopic (exact) mass is 241 g/mol. The Morgan fingerprint density at radius 1 is 1.50 bits per heavy atom. The van der Waals surface area contributed by atoms with Crippen molar-refractivity contribution in [1.82, 2.24) is 0 Å². The minimum Gasteiger partial charge on any atom is -0.506 e. The van der Waals surface area contributed by atoms with Gasteiger partial charge in [-0.15, -0.1) is 12.4 Å². The quantitative estimate of drug-likeness (QED) is 0.737. The number of phenols is 1. The molecular formula is C8H10Cl2FNO2. The molecule has 0 bridgehead atoms. The third kappa shape index (κ3) is 2.72. The molecule has 0 radical (unpaired) electrons. The average Bonchev–Trinajstić information content (AvgIpc) is 2.10. The zero-order valence-electron chi connectivity index (χ0n) is 7.08. The number of rotatable bonds is 2. The fourth-order valence-electron chi connectivity index (χ4n) is 0.967. The molecule has 4 N–H and O–H groups in total. The van der Waals surface area contributed by atoms with E-state index < -0.39 is 11.9 Å². The lowest BCUT2D eigenvalue weighted by atomic mass is 10.1. The van der Waals surface area contributed by atoms with Crippen molar-refractivity contribution in [2.24, 2.45) is 5.73 Å². The number of benzene rings is 1. The Morgan fingerprint density at radius 2 is 2.07 bits per heavy atom. The molecule has 1 aromatic carbocycles. The molecule has 0 amide bonds. The smallest absolute Gasteiger partial charge is 0.139 e. The normalized spacial score (nSPS) is 12.0. The summed E-state index contributed by atoms with van der Waals surface area (Å²) in [5.41, 5.74) is 5.50. The third-order valence-electron chi connectivity index (χ3n) is 1.65. The van der Waals surface area contributed by atoms with Crippen molar-refractivity contribution < 1.29 is 14.6 Å². The van der Waals surface area contributed by atoms with Crippen molar-refractivity contribution in [2.75, 3.05) is 6.61 Å². The highest BCUT2D eigenvalue weighted by molar-refractivity contribution is 6.32. The zero-order valence-corrected chi connectivity index (χ0v) is 8.65. The van der Waals surface area contributed by atoms with Crippen molar-refractivity contribution in [2.45, 2.75) is 6.04 Å². The summed E-state index contributed by atoms with van der Waals surface area (Å²) in [6, 6.07) is 1.19. The zero-order chi connectivity index (χ0) is 10.0. The Balaban J connectivity index is 0.00000169. The molecule has 0 fully saturated rings. The van der Waals surface area contributed by atoms with Crippen LogP contribution in [0.15, 0.2) is 12.1 Å². The molecule has 0 aliphatic heterocycles. The van der Waals surface area contributed by atoms with Crippen LogP contribution in [-0.2, 0) is 0 Å². The topological polar surface area (TPSA) is 66.5 Å². The van der Waals surface area contributed by atoms with E-state index in [0.717, 1.165) is 12.1 Å². The molecule has 0 saturated carbocycles. The average molecular weight is 242 g/mol. The number of halogens is 3. The first-order valence-corrected chi connectivity index (χ1v) is 3.98. The lowest BCUT2D eigenvalue weighted by molar-refractivity contribution is 0.265. The Kier molecular flexibility index (Phi) is 5.15. The second-order valence-corrected chi connectivity index (χ2v) is 3.02. The molecular weight excluding hydrogens is 232 g/mol. The maximum atomic E-state index is 12.8. The molecule has 0 aliphatic rings. The molecule has 0 aromatic heterocycles. The number of aliphatic hydroxyl groups excluding tert-OH is 1. The van der Waals surface area contributed by atoms with Crippen LogP contribution in [0.5, 0.6) is 5.75 Å². The van der Waals surface area contributed by atoms with E-state index in [-0.39, 0.29) is 35.3 Å². The summed E-state index contributed by atoms with van der Waals surface area (Å²) in [6.45, 7) is -0.382. The number of phenolic OH excluding ortho intramolecular Hbond substituents is 1. The predicted molar refractivity (Wildman–Crippen MR) is 54.3 cm³/mol. The summed E-state index contributed by atoms with van der Waals surface area (Å²) >= 11 is 5.49. The molecule has 0 unspecified atom stereocenters. The third-order valence-corrected chi connectivity index (χ3v) is 1.94. The van der Waals surface area contributed by atoms with Crippen LogP contribution < -0.4 is 5.73 Å². The molecule has 1 aromatic rings. The fourth-order valence-corrected chi connectivity index (χ4v) is 1.18. The molecule has 0 spiro atoms. The SMILES string of the molecule is Cl.N[C@@H](CO)c1cc(F)cc(Cl)c1O. The molecule has 1 atom stereocenters. The largest absolute Gasteiger partial charge is 0.506 e. The first kappa shape index (κ1) is 13.4. The van der Waals surface area contributed by atoms with Crippen LogP contribution in [0.3, 0.4) is 0 Å². The fraction of sp³-hybridized carbons (Fsp3) is 0.250. The van der Waals surface area contributed by atoms with E-state index in [1.54, 1.807) is 0 Å². The van der Waals surface area contributed by atoms with Crippen LogP contribution in [0, 0.1) is 5.82 Å². The van der Waals surface area contributed by atoms with E-state index in [0.29, 0.717) is 0 Å². The van der Waals surface area contributed by atoms with Gasteiger partial charge in [-0.25, -0.2) is 4.39 Å². The van der Waals surface area contributed by atoms with Crippen LogP contribution >= 0.6 is 24.0 Å². The van der Waals surface area contributed by atoms with Crippen LogP contribution in [0.2, 0.25) is 5.02 Å². The van der Waals surface area contributed by atoms with Crippen molar-refractivity contribution in [3.63, 3.8) is 0 Å². The molecule has 6 heteroatoms. The first-order chi connectivity index (χ1) is 6.06. The lowest BCUT2D eigenvalue weighted by Gasteiger charge is -2.11. The minimum atomic E-state index is -0.826. The summed E-state index contributed by atoms with van der Waals surface area (Å²) in [4.78, 5) is 0. The van der Waals surface area contributed by atoms with Gasteiger partial charge in [-0.2, -0.15) is 0 Å². The molecule has 0 aliphatic carbocycles.